The van der Waals surface area contributed by atoms with Crippen molar-refractivity contribution in [1.82, 2.24) is 13.9 Å². The summed E-state index contributed by atoms with van der Waals surface area (Å²) < 4.78 is 4.54. The smallest absolute Gasteiger partial charge is 0.297 e. The van der Waals surface area contributed by atoms with Crippen molar-refractivity contribution in [3.05, 3.63) is 117 Å². The molecule has 0 unspecified atom stereocenters. The molecule has 168 valence electrons. The predicted molar refractivity (Wildman–Crippen MR) is 134 cm³/mol. The van der Waals surface area contributed by atoms with Crippen LogP contribution >= 0.6 is 0 Å². The van der Waals surface area contributed by atoms with Crippen molar-refractivity contribution in [3.63, 3.8) is 0 Å². The molecular weight excluding hydrogens is 428 g/mol. The molecule has 7 nitrogen and oxygen atoms in total. The quantitative estimate of drug-likeness (QED) is 0.416. The summed E-state index contributed by atoms with van der Waals surface area (Å²) in [5, 5.41) is 12.2. The maximum atomic E-state index is 13.2. The number of fused-ring (bicyclic) bond motifs is 1. The van der Waals surface area contributed by atoms with Gasteiger partial charge in [0, 0.05) is 24.0 Å². The van der Waals surface area contributed by atoms with E-state index in [9.17, 15) is 14.7 Å². The topological polar surface area (TPSA) is 81.5 Å². The van der Waals surface area contributed by atoms with Gasteiger partial charge in [-0.05, 0) is 37.3 Å². The SMILES string of the molecule is Cc1c(N=Cc2c(O)n(-c3ccccc3)c(=O)c3ccccc23)c(=O)n(-c2ccccc2)n1C. The minimum atomic E-state index is -0.334. The first-order valence-electron chi connectivity index (χ1n) is 10.8. The molecule has 0 fully saturated rings. The van der Waals surface area contributed by atoms with E-state index in [0.717, 1.165) is 5.69 Å². The Hall–Kier alpha value is -4.65. The van der Waals surface area contributed by atoms with E-state index in [2.05, 4.69) is 4.99 Å². The summed E-state index contributed by atoms with van der Waals surface area (Å²) in [4.78, 5) is 30.9. The van der Waals surface area contributed by atoms with Crippen molar-refractivity contribution in [3.8, 4) is 17.3 Å². The van der Waals surface area contributed by atoms with Gasteiger partial charge in [0.1, 0.15) is 0 Å². The highest BCUT2D eigenvalue weighted by Gasteiger charge is 2.18. The third kappa shape index (κ3) is 3.34. The molecule has 0 spiro atoms. The Morgan fingerprint density at radius 3 is 1.97 bits per heavy atom. The third-order valence-corrected chi connectivity index (χ3v) is 5.96. The number of nitrogens with zero attached hydrogens (tertiary/aromatic N) is 4. The minimum absolute atomic E-state index is 0.240. The maximum absolute atomic E-state index is 13.2. The highest BCUT2D eigenvalue weighted by atomic mass is 16.3. The Balaban J connectivity index is 1.73. The van der Waals surface area contributed by atoms with Gasteiger partial charge in [0.25, 0.3) is 11.1 Å². The van der Waals surface area contributed by atoms with Crippen LogP contribution in [-0.2, 0) is 7.05 Å². The second-order valence-corrected chi connectivity index (χ2v) is 7.93. The van der Waals surface area contributed by atoms with Crippen molar-refractivity contribution < 1.29 is 5.11 Å². The van der Waals surface area contributed by atoms with E-state index in [1.54, 1.807) is 64.9 Å². The Morgan fingerprint density at radius 1 is 0.765 bits per heavy atom. The second-order valence-electron chi connectivity index (χ2n) is 7.93. The first-order valence-corrected chi connectivity index (χ1v) is 10.8. The molecule has 0 amide bonds. The molecule has 5 aromatic rings. The molecule has 0 bridgehead atoms. The van der Waals surface area contributed by atoms with Crippen LogP contribution in [0, 0.1) is 6.92 Å². The van der Waals surface area contributed by atoms with E-state index in [1.165, 1.54) is 10.8 Å². The Kier molecular flexibility index (Phi) is 5.22. The van der Waals surface area contributed by atoms with Gasteiger partial charge in [0.05, 0.1) is 22.6 Å². The van der Waals surface area contributed by atoms with E-state index < -0.39 is 0 Å². The summed E-state index contributed by atoms with van der Waals surface area (Å²) in [6.45, 7) is 1.82. The van der Waals surface area contributed by atoms with Gasteiger partial charge in [-0.2, -0.15) is 0 Å². The van der Waals surface area contributed by atoms with Gasteiger partial charge in [-0.3, -0.25) is 14.3 Å². The van der Waals surface area contributed by atoms with Crippen LogP contribution < -0.4 is 11.1 Å². The minimum Gasteiger partial charge on any atom is -0.494 e. The van der Waals surface area contributed by atoms with Crippen molar-refractivity contribution >= 4 is 22.7 Å². The lowest BCUT2D eigenvalue weighted by atomic mass is 10.1. The first kappa shape index (κ1) is 21.2. The molecule has 3 aromatic carbocycles. The molecule has 0 saturated carbocycles. The van der Waals surface area contributed by atoms with E-state index >= 15 is 0 Å². The summed E-state index contributed by atoms with van der Waals surface area (Å²) >= 11 is 0. The molecule has 1 N–H and O–H groups in total. The number of hydrogen-bond donors (Lipinski definition) is 1. The van der Waals surface area contributed by atoms with Crippen molar-refractivity contribution in [2.24, 2.45) is 12.0 Å². The van der Waals surface area contributed by atoms with Crippen LogP contribution in [0.15, 0.2) is 99.5 Å². The van der Waals surface area contributed by atoms with Crippen LogP contribution in [0.3, 0.4) is 0 Å². The fourth-order valence-electron chi connectivity index (χ4n) is 4.14. The van der Waals surface area contributed by atoms with E-state index in [0.29, 0.717) is 27.7 Å². The average molecular weight is 450 g/mol. The zero-order chi connectivity index (χ0) is 23.8. The van der Waals surface area contributed by atoms with Gasteiger partial charge < -0.3 is 5.11 Å². The second kappa shape index (κ2) is 8.37. The summed E-state index contributed by atoms with van der Waals surface area (Å²) in [5.41, 5.74) is 1.94. The predicted octanol–water partition coefficient (Wildman–Crippen LogP) is 4.24. The number of benzene rings is 3. The van der Waals surface area contributed by atoms with Crippen molar-refractivity contribution in [2.45, 2.75) is 6.92 Å². The van der Waals surface area contributed by atoms with E-state index in [1.807, 2.05) is 43.3 Å². The molecule has 0 aliphatic heterocycles. The third-order valence-electron chi connectivity index (χ3n) is 5.96. The van der Waals surface area contributed by atoms with Crippen LogP contribution in [0.2, 0.25) is 0 Å². The highest BCUT2D eigenvalue weighted by Crippen LogP contribution is 2.27. The Morgan fingerprint density at radius 2 is 1.32 bits per heavy atom. The molecule has 0 radical (unpaired) electrons. The zero-order valence-corrected chi connectivity index (χ0v) is 18.7. The summed E-state index contributed by atoms with van der Waals surface area (Å²) in [5.74, 6) is -0.240. The molecular formula is C27H22N4O3. The van der Waals surface area contributed by atoms with E-state index in [4.69, 9.17) is 0 Å². The van der Waals surface area contributed by atoms with Gasteiger partial charge in [-0.15, -0.1) is 0 Å². The summed E-state index contributed by atoms with van der Waals surface area (Å²) in [6, 6.07) is 25.3. The number of aromatic hydroxyl groups is 1. The molecule has 0 saturated heterocycles. The lowest BCUT2D eigenvalue weighted by Gasteiger charge is -2.13. The number of para-hydroxylation sites is 2. The monoisotopic (exact) mass is 450 g/mol. The standard InChI is InChI=1S/C27H22N4O3/c1-18-24(27(34)31(29(18)2)20-13-7-4-8-14-20)28-17-23-21-15-9-10-16-22(21)25(32)30(26(23)33)19-11-5-3-6-12-19/h3-17,33H,1-2H3. The maximum Gasteiger partial charge on any atom is 0.297 e. The van der Waals surface area contributed by atoms with Gasteiger partial charge in [-0.1, -0.05) is 54.6 Å². The van der Waals surface area contributed by atoms with Crippen LogP contribution in [0.5, 0.6) is 5.88 Å². The highest BCUT2D eigenvalue weighted by molar-refractivity contribution is 6.02. The molecule has 2 aromatic heterocycles. The Labute approximate surface area is 195 Å². The fourth-order valence-corrected chi connectivity index (χ4v) is 4.14. The van der Waals surface area contributed by atoms with Gasteiger partial charge >= 0.3 is 0 Å². The zero-order valence-electron chi connectivity index (χ0n) is 18.7. The van der Waals surface area contributed by atoms with Crippen molar-refractivity contribution in [2.75, 3.05) is 0 Å². The van der Waals surface area contributed by atoms with Crippen LogP contribution in [0.25, 0.3) is 22.1 Å². The largest absolute Gasteiger partial charge is 0.494 e. The summed E-state index contributed by atoms with van der Waals surface area (Å²) in [7, 11) is 1.80. The van der Waals surface area contributed by atoms with Crippen LogP contribution in [0.4, 0.5) is 5.69 Å². The summed E-state index contributed by atoms with van der Waals surface area (Å²) in [6.07, 6.45) is 1.45. The fraction of sp³-hybridized carbons (Fsp3) is 0.0741. The van der Waals surface area contributed by atoms with Crippen LogP contribution in [0.1, 0.15) is 11.3 Å². The molecule has 5 rings (SSSR count). The number of aliphatic imine (C=N–C) groups is 1. The Bertz CT molecular complexity index is 1660. The number of rotatable bonds is 4. The number of hydrogen-bond acceptors (Lipinski definition) is 4. The molecule has 7 heteroatoms. The van der Waals surface area contributed by atoms with Gasteiger partial charge in [-0.25, -0.2) is 14.2 Å². The van der Waals surface area contributed by atoms with E-state index in [-0.39, 0.29) is 22.7 Å². The molecule has 34 heavy (non-hydrogen) atoms. The van der Waals surface area contributed by atoms with Crippen LogP contribution in [-0.4, -0.2) is 25.3 Å². The van der Waals surface area contributed by atoms with Crippen molar-refractivity contribution in [1.29, 1.82) is 0 Å². The van der Waals surface area contributed by atoms with Gasteiger partial charge in [0.2, 0.25) is 5.88 Å². The lowest BCUT2D eigenvalue weighted by molar-refractivity contribution is 0.436. The average Bonchev–Trinajstić information content (AvgIpc) is 3.08. The molecule has 0 aliphatic rings. The molecule has 2 heterocycles. The molecule has 0 atom stereocenters. The number of pyridine rings is 1. The van der Waals surface area contributed by atoms with Gasteiger partial charge in [0.15, 0.2) is 5.69 Å². The lowest BCUT2D eigenvalue weighted by Crippen LogP contribution is -2.20. The first-order chi connectivity index (χ1) is 16.5. The normalized spacial score (nSPS) is 11.5. The number of aromatic nitrogens is 3. The molecule has 0 aliphatic carbocycles.